The topological polar surface area (TPSA) is 57.8 Å². The Morgan fingerprint density at radius 3 is 2.79 bits per heavy atom. The number of hydrogen-bond acceptors (Lipinski definition) is 2. The summed E-state index contributed by atoms with van der Waals surface area (Å²) in [6.45, 7) is 1.87. The van der Waals surface area contributed by atoms with Gasteiger partial charge in [-0.3, -0.25) is 9.89 Å². The highest BCUT2D eigenvalue weighted by atomic mass is 35.5. The molecule has 98 valence electrons. The van der Waals surface area contributed by atoms with Gasteiger partial charge < -0.3 is 5.32 Å². The third-order valence-electron chi connectivity index (χ3n) is 3.42. The summed E-state index contributed by atoms with van der Waals surface area (Å²) in [5.74, 6) is -0.151. The molecule has 0 unspecified atom stereocenters. The van der Waals surface area contributed by atoms with E-state index in [0.29, 0.717) is 10.7 Å². The van der Waals surface area contributed by atoms with Crippen molar-refractivity contribution >= 4 is 17.5 Å². The Balaban J connectivity index is 1.81. The van der Waals surface area contributed by atoms with Crippen LogP contribution >= 0.6 is 11.6 Å². The lowest BCUT2D eigenvalue weighted by molar-refractivity contribution is 0.0925. The number of H-pyrrole nitrogens is 1. The number of aromatic amines is 1. The smallest absolute Gasteiger partial charge is 0.272 e. The minimum absolute atomic E-state index is 0.151. The van der Waals surface area contributed by atoms with Crippen molar-refractivity contribution in [2.45, 2.75) is 25.3 Å². The highest BCUT2D eigenvalue weighted by Gasteiger charge is 2.46. The molecule has 4 nitrogen and oxygen atoms in total. The van der Waals surface area contributed by atoms with E-state index in [0.717, 1.165) is 24.1 Å². The zero-order valence-electron chi connectivity index (χ0n) is 10.5. The van der Waals surface area contributed by atoms with Gasteiger partial charge in [0.2, 0.25) is 0 Å². The van der Waals surface area contributed by atoms with Crippen LogP contribution in [0.15, 0.2) is 30.3 Å². The largest absolute Gasteiger partial charge is 0.341 e. The molecule has 1 aliphatic carbocycles. The third kappa shape index (κ3) is 2.36. The minimum Gasteiger partial charge on any atom is -0.341 e. The number of carbonyl (C=O) groups excluding carboxylic acids is 1. The molecule has 2 N–H and O–H groups in total. The van der Waals surface area contributed by atoms with Gasteiger partial charge >= 0.3 is 0 Å². The first-order valence-electron chi connectivity index (χ1n) is 6.20. The second-order valence-electron chi connectivity index (χ2n) is 4.98. The van der Waals surface area contributed by atoms with Gasteiger partial charge in [0, 0.05) is 10.7 Å². The van der Waals surface area contributed by atoms with Crippen molar-refractivity contribution in [1.82, 2.24) is 15.5 Å². The summed E-state index contributed by atoms with van der Waals surface area (Å²) >= 11 is 6.01. The summed E-state index contributed by atoms with van der Waals surface area (Å²) in [5, 5.41) is 10.5. The number of nitrogens with one attached hydrogen (secondary N) is 2. The molecule has 1 aromatic heterocycles. The van der Waals surface area contributed by atoms with Gasteiger partial charge in [0.05, 0.1) is 5.54 Å². The first kappa shape index (κ1) is 12.2. The summed E-state index contributed by atoms with van der Waals surface area (Å²) in [6, 6.07) is 9.38. The highest BCUT2D eigenvalue weighted by Crippen LogP contribution is 2.46. The molecule has 3 rings (SSSR count). The fourth-order valence-corrected chi connectivity index (χ4v) is 2.40. The van der Waals surface area contributed by atoms with Gasteiger partial charge in [-0.05, 0) is 43.5 Å². The van der Waals surface area contributed by atoms with Crippen LogP contribution in [0.25, 0.3) is 0 Å². The zero-order valence-corrected chi connectivity index (χ0v) is 11.3. The molecule has 0 saturated heterocycles. The van der Waals surface area contributed by atoms with Crippen LogP contribution in [0.1, 0.15) is 34.6 Å². The summed E-state index contributed by atoms with van der Waals surface area (Å²) in [4.78, 5) is 12.1. The molecule has 0 radical (unpaired) electrons. The van der Waals surface area contributed by atoms with Crippen LogP contribution in [-0.2, 0) is 5.54 Å². The summed E-state index contributed by atoms with van der Waals surface area (Å²) in [5.41, 5.74) is 2.08. The van der Waals surface area contributed by atoms with E-state index >= 15 is 0 Å². The van der Waals surface area contributed by atoms with E-state index in [1.807, 2.05) is 31.2 Å². The summed E-state index contributed by atoms with van der Waals surface area (Å²) < 4.78 is 0. The van der Waals surface area contributed by atoms with Crippen molar-refractivity contribution in [3.63, 3.8) is 0 Å². The molecule has 0 atom stereocenters. The van der Waals surface area contributed by atoms with Gasteiger partial charge in [-0.25, -0.2) is 0 Å². The second kappa shape index (κ2) is 4.38. The summed E-state index contributed by atoms with van der Waals surface area (Å²) in [7, 11) is 0. The van der Waals surface area contributed by atoms with E-state index in [1.165, 1.54) is 0 Å². The first-order chi connectivity index (χ1) is 9.09. The number of carbonyl (C=O) groups is 1. The van der Waals surface area contributed by atoms with Crippen molar-refractivity contribution in [2.24, 2.45) is 0 Å². The monoisotopic (exact) mass is 275 g/mol. The number of benzene rings is 1. The zero-order chi connectivity index (χ0) is 13.5. The standard InChI is InChI=1S/C14H14ClN3O/c1-9-7-12(18-17-9)13(19)16-14(5-6-14)10-3-2-4-11(15)8-10/h2-4,7-8H,5-6H2,1H3,(H,16,19)(H,17,18). The van der Waals surface area contributed by atoms with Crippen molar-refractivity contribution in [3.05, 3.63) is 52.3 Å². The Kier molecular flexibility index (Phi) is 2.82. The third-order valence-corrected chi connectivity index (χ3v) is 3.65. The van der Waals surface area contributed by atoms with Gasteiger partial charge in [-0.1, -0.05) is 23.7 Å². The molecular weight excluding hydrogens is 262 g/mol. The molecule has 1 aliphatic rings. The molecular formula is C14H14ClN3O. The van der Waals surface area contributed by atoms with Gasteiger partial charge in [-0.15, -0.1) is 0 Å². The number of aryl methyl sites for hydroxylation is 1. The van der Waals surface area contributed by atoms with Gasteiger partial charge in [-0.2, -0.15) is 5.10 Å². The molecule has 1 aromatic carbocycles. The van der Waals surface area contributed by atoms with Crippen LogP contribution in [-0.4, -0.2) is 16.1 Å². The molecule has 0 aliphatic heterocycles. The van der Waals surface area contributed by atoms with Crippen molar-refractivity contribution in [1.29, 1.82) is 0 Å². The van der Waals surface area contributed by atoms with E-state index < -0.39 is 0 Å². The molecule has 1 saturated carbocycles. The average molecular weight is 276 g/mol. The average Bonchev–Trinajstić information content (AvgIpc) is 3.03. The lowest BCUT2D eigenvalue weighted by Crippen LogP contribution is -2.35. The van der Waals surface area contributed by atoms with E-state index in [-0.39, 0.29) is 11.4 Å². The maximum absolute atomic E-state index is 12.1. The number of amides is 1. The number of nitrogens with zero attached hydrogens (tertiary/aromatic N) is 1. The lowest BCUT2D eigenvalue weighted by Gasteiger charge is -2.17. The van der Waals surface area contributed by atoms with E-state index in [2.05, 4.69) is 15.5 Å². The van der Waals surface area contributed by atoms with Crippen LogP contribution in [0, 0.1) is 6.92 Å². The van der Waals surface area contributed by atoms with E-state index in [4.69, 9.17) is 11.6 Å². The first-order valence-corrected chi connectivity index (χ1v) is 6.57. The van der Waals surface area contributed by atoms with Crippen LogP contribution < -0.4 is 5.32 Å². The van der Waals surface area contributed by atoms with Crippen molar-refractivity contribution < 1.29 is 4.79 Å². The predicted octanol–water partition coefficient (Wildman–Crippen LogP) is 2.79. The normalized spacial score (nSPS) is 16.1. The molecule has 2 aromatic rings. The van der Waals surface area contributed by atoms with Crippen molar-refractivity contribution in [2.75, 3.05) is 0 Å². The number of aromatic nitrogens is 2. The van der Waals surface area contributed by atoms with Crippen LogP contribution in [0.3, 0.4) is 0 Å². The Hall–Kier alpha value is -1.81. The number of hydrogen-bond donors (Lipinski definition) is 2. The quantitative estimate of drug-likeness (QED) is 0.905. The molecule has 1 amide bonds. The predicted molar refractivity (Wildman–Crippen MR) is 73.2 cm³/mol. The van der Waals surface area contributed by atoms with Gasteiger partial charge in [0.1, 0.15) is 5.69 Å². The molecule has 1 heterocycles. The van der Waals surface area contributed by atoms with E-state index in [9.17, 15) is 4.79 Å². The molecule has 0 spiro atoms. The van der Waals surface area contributed by atoms with Crippen LogP contribution in [0.5, 0.6) is 0 Å². The number of halogens is 1. The highest BCUT2D eigenvalue weighted by molar-refractivity contribution is 6.30. The fraction of sp³-hybridized carbons (Fsp3) is 0.286. The Morgan fingerprint density at radius 1 is 1.42 bits per heavy atom. The van der Waals surface area contributed by atoms with Crippen LogP contribution in [0.2, 0.25) is 5.02 Å². The van der Waals surface area contributed by atoms with Crippen LogP contribution in [0.4, 0.5) is 0 Å². The second-order valence-corrected chi connectivity index (χ2v) is 5.42. The molecule has 0 bridgehead atoms. The summed E-state index contributed by atoms with van der Waals surface area (Å²) in [6.07, 6.45) is 1.87. The maximum atomic E-state index is 12.1. The Labute approximate surface area is 116 Å². The molecule has 5 heteroatoms. The molecule has 1 fully saturated rings. The Morgan fingerprint density at radius 2 is 2.21 bits per heavy atom. The fourth-order valence-electron chi connectivity index (χ4n) is 2.21. The van der Waals surface area contributed by atoms with Crippen molar-refractivity contribution in [3.8, 4) is 0 Å². The van der Waals surface area contributed by atoms with E-state index in [1.54, 1.807) is 6.07 Å². The number of rotatable bonds is 3. The SMILES string of the molecule is Cc1cc(C(=O)NC2(c3cccc(Cl)c3)CC2)n[nH]1. The Bertz CT molecular complexity index is 631. The van der Waals surface area contributed by atoms with Gasteiger partial charge in [0.25, 0.3) is 5.91 Å². The lowest BCUT2D eigenvalue weighted by atomic mass is 10.0. The molecule has 19 heavy (non-hydrogen) atoms. The van der Waals surface area contributed by atoms with Gasteiger partial charge in [0.15, 0.2) is 0 Å². The minimum atomic E-state index is -0.269. The maximum Gasteiger partial charge on any atom is 0.272 e.